The molecule has 1 aromatic rings. The van der Waals surface area contributed by atoms with Gasteiger partial charge in [0.2, 0.25) is 5.91 Å². The molecule has 0 radical (unpaired) electrons. The van der Waals surface area contributed by atoms with Gasteiger partial charge in [-0.25, -0.2) is 0 Å². The molecule has 2 rings (SSSR count). The van der Waals surface area contributed by atoms with Crippen molar-refractivity contribution in [1.29, 1.82) is 0 Å². The molecule has 3 nitrogen and oxygen atoms in total. The molecule has 1 aromatic carbocycles. The van der Waals surface area contributed by atoms with E-state index in [2.05, 4.69) is 51.2 Å². The van der Waals surface area contributed by atoms with Crippen LogP contribution in [0.5, 0.6) is 0 Å². The Labute approximate surface area is 134 Å². The van der Waals surface area contributed by atoms with Crippen LogP contribution in [-0.4, -0.2) is 5.91 Å². The fraction of sp³-hybridized carbons (Fsp3) is 0.632. The van der Waals surface area contributed by atoms with Gasteiger partial charge in [0.1, 0.15) is 0 Å². The average molecular weight is 302 g/mol. The summed E-state index contributed by atoms with van der Waals surface area (Å²) in [4.78, 5) is 12.1. The van der Waals surface area contributed by atoms with Gasteiger partial charge in [-0.2, -0.15) is 0 Å². The van der Waals surface area contributed by atoms with E-state index in [4.69, 9.17) is 5.73 Å². The third-order valence-electron chi connectivity index (χ3n) is 4.52. The van der Waals surface area contributed by atoms with Gasteiger partial charge >= 0.3 is 0 Å². The molecule has 2 unspecified atom stereocenters. The van der Waals surface area contributed by atoms with Crippen LogP contribution in [0.4, 0.5) is 0 Å². The highest BCUT2D eigenvalue weighted by molar-refractivity contribution is 5.76. The Morgan fingerprint density at radius 3 is 2.68 bits per heavy atom. The summed E-state index contributed by atoms with van der Waals surface area (Å²) in [6.45, 7) is 8.44. The number of fused-ring (bicyclic) bond motifs is 1. The van der Waals surface area contributed by atoms with E-state index in [-0.39, 0.29) is 18.0 Å². The lowest BCUT2D eigenvalue weighted by Gasteiger charge is -2.28. The zero-order valence-corrected chi connectivity index (χ0v) is 14.4. The fourth-order valence-corrected chi connectivity index (χ4v) is 3.18. The Kier molecular flexibility index (Phi) is 5.63. The Morgan fingerprint density at radius 1 is 1.32 bits per heavy atom. The molecule has 0 heterocycles. The van der Waals surface area contributed by atoms with Gasteiger partial charge in [-0.15, -0.1) is 0 Å². The molecule has 1 amide bonds. The van der Waals surface area contributed by atoms with Gasteiger partial charge in [0.25, 0.3) is 0 Å². The molecular weight excluding hydrogens is 272 g/mol. The SMILES string of the molecule is CC(C)CC(=O)NC1CCCc2ccc(C(N)C(C)C)cc21. The molecule has 0 aliphatic heterocycles. The predicted molar refractivity (Wildman–Crippen MR) is 91.5 cm³/mol. The molecule has 0 spiro atoms. The smallest absolute Gasteiger partial charge is 0.220 e. The molecule has 122 valence electrons. The summed E-state index contributed by atoms with van der Waals surface area (Å²) < 4.78 is 0. The average Bonchev–Trinajstić information content (AvgIpc) is 2.45. The molecule has 22 heavy (non-hydrogen) atoms. The normalized spacial score (nSPS) is 19.1. The van der Waals surface area contributed by atoms with Crippen molar-refractivity contribution >= 4 is 5.91 Å². The summed E-state index contributed by atoms with van der Waals surface area (Å²) in [7, 11) is 0. The van der Waals surface area contributed by atoms with E-state index >= 15 is 0 Å². The summed E-state index contributed by atoms with van der Waals surface area (Å²) >= 11 is 0. The highest BCUT2D eigenvalue weighted by Gasteiger charge is 2.23. The highest BCUT2D eigenvalue weighted by Crippen LogP contribution is 2.32. The molecule has 0 saturated heterocycles. The first-order valence-corrected chi connectivity index (χ1v) is 8.56. The van der Waals surface area contributed by atoms with Crippen molar-refractivity contribution in [3.05, 3.63) is 34.9 Å². The number of carbonyl (C=O) groups excluding carboxylic acids is 1. The standard InChI is InChI=1S/C19H30N2O/c1-12(2)10-18(22)21-17-7-5-6-14-8-9-15(11-16(14)17)19(20)13(3)4/h8-9,11-13,17,19H,5-7,10,20H2,1-4H3,(H,21,22). The second-order valence-corrected chi connectivity index (χ2v) is 7.34. The first kappa shape index (κ1) is 17.0. The van der Waals surface area contributed by atoms with Crippen LogP contribution in [0.15, 0.2) is 18.2 Å². The number of nitrogens with two attached hydrogens (primary N) is 1. The van der Waals surface area contributed by atoms with Gasteiger partial charge in [-0.1, -0.05) is 45.9 Å². The Hall–Kier alpha value is -1.35. The third kappa shape index (κ3) is 4.10. The van der Waals surface area contributed by atoms with E-state index in [0.29, 0.717) is 18.3 Å². The molecule has 1 aliphatic carbocycles. The molecule has 0 saturated carbocycles. The van der Waals surface area contributed by atoms with Gasteiger partial charge in [0, 0.05) is 12.5 Å². The molecule has 0 fully saturated rings. The summed E-state index contributed by atoms with van der Waals surface area (Å²) in [5, 5.41) is 3.22. The van der Waals surface area contributed by atoms with Crippen molar-refractivity contribution < 1.29 is 4.79 Å². The van der Waals surface area contributed by atoms with Gasteiger partial charge in [0.05, 0.1) is 6.04 Å². The van der Waals surface area contributed by atoms with E-state index in [1.54, 1.807) is 0 Å². The summed E-state index contributed by atoms with van der Waals surface area (Å²) in [6.07, 6.45) is 3.85. The van der Waals surface area contributed by atoms with Gasteiger partial charge in [0.15, 0.2) is 0 Å². The molecule has 0 aromatic heterocycles. The number of benzene rings is 1. The van der Waals surface area contributed by atoms with Crippen molar-refractivity contribution in [1.82, 2.24) is 5.32 Å². The first-order chi connectivity index (χ1) is 10.4. The monoisotopic (exact) mass is 302 g/mol. The van der Waals surface area contributed by atoms with Gasteiger partial charge < -0.3 is 11.1 Å². The molecule has 0 bridgehead atoms. The van der Waals surface area contributed by atoms with Gasteiger partial charge in [-0.3, -0.25) is 4.79 Å². The van der Waals surface area contributed by atoms with Crippen molar-refractivity contribution in [3.8, 4) is 0 Å². The van der Waals surface area contributed by atoms with E-state index in [9.17, 15) is 4.79 Å². The largest absolute Gasteiger partial charge is 0.349 e. The number of aryl methyl sites for hydroxylation is 1. The zero-order valence-electron chi connectivity index (χ0n) is 14.4. The molecule has 2 atom stereocenters. The lowest BCUT2D eigenvalue weighted by Crippen LogP contribution is -2.32. The number of carbonyl (C=O) groups is 1. The van der Waals surface area contributed by atoms with Gasteiger partial charge in [-0.05, 0) is 47.8 Å². The highest BCUT2D eigenvalue weighted by atomic mass is 16.1. The van der Waals surface area contributed by atoms with Crippen LogP contribution in [0.3, 0.4) is 0 Å². The van der Waals surface area contributed by atoms with Crippen LogP contribution in [-0.2, 0) is 11.2 Å². The molecular formula is C19H30N2O. The summed E-state index contributed by atoms with van der Waals surface area (Å²) in [5.41, 5.74) is 10.1. The van der Waals surface area contributed by atoms with Crippen molar-refractivity contribution in [2.24, 2.45) is 17.6 Å². The Morgan fingerprint density at radius 2 is 2.05 bits per heavy atom. The number of nitrogens with one attached hydrogen (secondary N) is 1. The quantitative estimate of drug-likeness (QED) is 0.867. The Bertz CT molecular complexity index is 522. The minimum absolute atomic E-state index is 0.0549. The van der Waals surface area contributed by atoms with Crippen molar-refractivity contribution in [2.45, 2.75) is 65.5 Å². The van der Waals surface area contributed by atoms with Crippen LogP contribution < -0.4 is 11.1 Å². The van der Waals surface area contributed by atoms with Crippen LogP contribution in [0.2, 0.25) is 0 Å². The fourth-order valence-electron chi connectivity index (χ4n) is 3.18. The number of hydrogen-bond donors (Lipinski definition) is 2. The summed E-state index contributed by atoms with van der Waals surface area (Å²) in [5.74, 6) is 0.964. The lowest BCUT2D eigenvalue weighted by molar-refractivity contribution is -0.122. The van der Waals surface area contributed by atoms with Crippen LogP contribution in [0.1, 0.15) is 75.7 Å². The van der Waals surface area contributed by atoms with Crippen molar-refractivity contribution in [2.75, 3.05) is 0 Å². The third-order valence-corrected chi connectivity index (χ3v) is 4.52. The molecule has 3 heteroatoms. The number of rotatable bonds is 5. The minimum Gasteiger partial charge on any atom is -0.349 e. The maximum absolute atomic E-state index is 12.1. The maximum Gasteiger partial charge on any atom is 0.220 e. The number of amides is 1. The van der Waals surface area contributed by atoms with E-state index in [1.807, 2.05) is 0 Å². The predicted octanol–water partition coefficient (Wildman–Crippen LogP) is 3.88. The summed E-state index contributed by atoms with van der Waals surface area (Å²) in [6, 6.07) is 6.78. The van der Waals surface area contributed by atoms with Crippen molar-refractivity contribution in [3.63, 3.8) is 0 Å². The topological polar surface area (TPSA) is 55.1 Å². The molecule has 3 N–H and O–H groups in total. The lowest BCUT2D eigenvalue weighted by atomic mass is 9.84. The second-order valence-electron chi connectivity index (χ2n) is 7.34. The maximum atomic E-state index is 12.1. The van der Waals surface area contributed by atoms with Crippen LogP contribution >= 0.6 is 0 Å². The van der Waals surface area contributed by atoms with E-state index in [0.717, 1.165) is 19.3 Å². The Balaban J connectivity index is 2.20. The van der Waals surface area contributed by atoms with Crippen LogP contribution in [0.25, 0.3) is 0 Å². The second kappa shape index (κ2) is 7.28. The molecule has 1 aliphatic rings. The first-order valence-electron chi connectivity index (χ1n) is 8.56. The van der Waals surface area contributed by atoms with E-state index in [1.165, 1.54) is 16.7 Å². The minimum atomic E-state index is 0.0549. The number of hydrogen-bond acceptors (Lipinski definition) is 2. The van der Waals surface area contributed by atoms with E-state index < -0.39 is 0 Å². The van der Waals surface area contributed by atoms with Crippen LogP contribution in [0, 0.1) is 11.8 Å². The zero-order chi connectivity index (χ0) is 16.3.